The Labute approximate surface area is 162 Å². The van der Waals surface area contributed by atoms with Gasteiger partial charge in [0.15, 0.2) is 4.83 Å². The Morgan fingerprint density at radius 1 is 1.33 bits per heavy atom. The molecule has 3 N–H and O–H groups in total. The van der Waals surface area contributed by atoms with Crippen LogP contribution >= 0.6 is 11.3 Å². The highest BCUT2D eigenvalue weighted by Crippen LogP contribution is 2.42. The number of aromatic amines is 1. The molecule has 0 aromatic carbocycles. The lowest BCUT2D eigenvalue weighted by molar-refractivity contribution is -0.329. The number of carbonyl (C=O) groups is 1. The smallest absolute Gasteiger partial charge is 0.350 e. The molecule has 2 aliphatic heterocycles. The number of pyridine rings is 1. The van der Waals surface area contributed by atoms with E-state index < -0.39 is 0 Å². The number of nitrogens with zero attached hydrogens (tertiary/aromatic N) is 1. The van der Waals surface area contributed by atoms with Crippen LogP contribution in [0.3, 0.4) is 0 Å². The Morgan fingerprint density at radius 3 is 2.78 bits per heavy atom. The zero-order chi connectivity index (χ0) is 19.2. The van der Waals surface area contributed by atoms with Crippen LogP contribution in [0.15, 0.2) is 0 Å². The summed E-state index contributed by atoms with van der Waals surface area (Å²) >= 11 is 1.37. The first-order valence-electron chi connectivity index (χ1n) is 9.34. The van der Waals surface area contributed by atoms with Gasteiger partial charge in [-0.25, -0.2) is 9.78 Å². The van der Waals surface area contributed by atoms with Gasteiger partial charge in [-0.3, -0.25) is 4.90 Å². The molecule has 1 fully saturated rings. The van der Waals surface area contributed by atoms with Crippen molar-refractivity contribution in [3.63, 3.8) is 0 Å². The number of anilines is 2. The fourth-order valence-electron chi connectivity index (χ4n) is 3.81. The van der Waals surface area contributed by atoms with E-state index in [1.807, 2.05) is 0 Å². The maximum Gasteiger partial charge on any atom is 0.350 e. The van der Waals surface area contributed by atoms with Crippen molar-refractivity contribution >= 4 is 39.0 Å². The van der Waals surface area contributed by atoms with Gasteiger partial charge in [-0.05, 0) is 26.3 Å². The number of morpholine rings is 1. The second-order valence-corrected chi connectivity index (χ2v) is 8.55. The topological polar surface area (TPSA) is 88.2 Å². The van der Waals surface area contributed by atoms with Crippen molar-refractivity contribution in [3.8, 4) is 0 Å². The highest BCUT2D eigenvalue weighted by Gasteiger charge is 2.36. The van der Waals surface area contributed by atoms with Crippen LogP contribution < -0.4 is 15.6 Å². The number of esters is 1. The molecule has 0 amide bonds. The molecule has 0 radical (unpaired) electrons. The summed E-state index contributed by atoms with van der Waals surface area (Å²) in [5.41, 5.74) is 8.96. The summed E-state index contributed by atoms with van der Waals surface area (Å²) in [4.78, 5) is 19.6. The Balaban J connectivity index is 1.91. The second-order valence-electron chi connectivity index (χ2n) is 7.52. The van der Waals surface area contributed by atoms with Crippen LogP contribution in [0.5, 0.6) is 0 Å². The highest BCUT2D eigenvalue weighted by atomic mass is 32.1. The third-order valence-electron chi connectivity index (χ3n) is 5.13. The minimum absolute atomic E-state index is 0.276. The van der Waals surface area contributed by atoms with Crippen LogP contribution in [0.2, 0.25) is 0 Å². The fraction of sp³-hybridized carbons (Fsp3) is 0.579. The predicted octanol–water partition coefficient (Wildman–Crippen LogP) is 2.16. The molecule has 0 spiro atoms. The first-order valence-corrected chi connectivity index (χ1v) is 10.2. The van der Waals surface area contributed by atoms with Gasteiger partial charge in [0, 0.05) is 6.42 Å². The third-order valence-corrected chi connectivity index (χ3v) is 6.23. The average Bonchev–Trinajstić information content (AvgIpc) is 2.98. The van der Waals surface area contributed by atoms with Crippen LogP contribution in [-0.2, 0) is 27.2 Å². The van der Waals surface area contributed by atoms with E-state index in [4.69, 9.17) is 19.9 Å². The van der Waals surface area contributed by atoms with E-state index >= 15 is 0 Å². The zero-order valence-corrected chi connectivity index (χ0v) is 16.8. The quantitative estimate of drug-likeness (QED) is 0.806. The number of rotatable bonds is 3. The lowest BCUT2D eigenvalue weighted by Gasteiger charge is -2.33. The van der Waals surface area contributed by atoms with E-state index in [-0.39, 0.29) is 11.6 Å². The van der Waals surface area contributed by atoms with Crippen LogP contribution in [0.4, 0.5) is 11.5 Å². The third kappa shape index (κ3) is 3.26. The van der Waals surface area contributed by atoms with E-state index in [9.17, 15) is 4.79 Å². The van der Waals surface area contributed by atoms with E-state index in [2.05, 4.69) is 23.7 Å². The predicted molar refractivity (Wildman–Crippen MR) is 104 cm³/mol. The van der Waals surface area contributed by atoms with Crippen molar-refractivity contribution in [1.82, 2.24) is 0 Å². The minimum Gasteiger partial charge on any atom is -0.462 e. The lowest BCUT2D eigenvalue weighted by Crippen LogP contribution is -2.42. The number of H-pyrrole nitrogens is 1. The molecule has 2 aliphatic rings. The molecule has 2 aromatic rings. The number of hydrogen-bond acceptors (Lipinski definition) is 7. The van der Waals surface area contributed by atoms with Gasteiger partial charge in [-0.15, -0.1) is 0 Å². The maximum absolute atomic E-state index is 12.4. The normalized spacial score (nSPS) is 19.1. The Hall–Kier alpha value is -1.90. The van der Waals surface area contributed by atoms with Gasteiger partial charge in [0.05, 0.1) is 48.7 Å². The number of aromatic nitrogens is 1. The molecule has 8 heteroatoms. The van der Waals surface area contributed by atoms with E-state index in [1.165, 1.54) is 16.9 Å². The Morgan fingerprint density at radius 2 is 2.07 bits per heavy atom. The van der Waals surface area contributed by atoms with Gasteiger partial charge in [0.2, 0.25) is 0 Å². The number of nitrogens with two attached hydrogens (primary N) is 1. The number of ether oxygens (including phenoxy) is 3. The standard InChI is InChI=1S/C19H25N3O4S/c1-4-25-18(23)15-14(20)13-11-9-19(2,3)26-10-12(11)16(21-17(13)27-15)22-5-7-24-8-6-22/h4-10,20H2,1-3H3/p+1. The van der Waals surface area contributed by atoms with E-state index in [0.717, 1.165) is 41.1 Å². The molecule has 146 valence electrons. The summed E-state index contributed by atoms with van der Waals surface area (Å²) in [6, 6.07) is 0. The molecule has 0 aliphatic carbocycles. The molecule has 0 bridgehead atoms. The van der Waals surface area contributed by atoms with Crippen LogP contribution in [0, 0.1) is 0 Å². The number of carbonyl (C=O) groups excluding carboxylic acids is 1. The zero-order valence-electron chi connectivity index (χ0n) is 16.0. The van der Waals surface area contributed by atoms with Crippen molar-refractivity contribution in [2.45, 2.75) is 39.4 Å². The van der Waals surface area contributed by atoms with Crippen molar-refractivity contribution in [3.05, 3.63) is 16.0 Å². The first-order chi connectivity index (χ1) is 12.9. The summed E-state index contributed by atoms with van der Waals surface area (Å²) in [6.45, 7) is 9.86. The molecule has 2 aromatic heterocycles. The molecule has 7 nitrogen and oxygen atoms in total. The average molecular weight is 393 g/mol. The molecule has 0 unspecified atom stereocenters. The number of nitrogens with one attached hydrogen (secondary N) is 1. The summed E-state index contributed by atoms with van der Waals surface area (Å²) < 4.78 is 16.8. The second kappa shape index (κ2) is 6.92. The molecule has 1 saturated heterocycles. The van der Waals surface area contributed by atoms with Crippen molar-refractivity contribution < 1.29 is 24.0 Å². The maximum atomic E-state index is 12.4. The van der Waals surface area contributed by atoms with Crippen LogP contribution in [0.1, 0.15) is 41.6 Å². The number of thiophene rings is 1. The minimum atomic E-state index is -0.363. The largest absolute Gasteiger partial charge is 0.462 e. The van der Waals surface area contributed by atoms with Crippen LogP contribution in [0.25, 0.3) is 10.2 Å². The lowest BCUT2D eigenvalue weighted by atomic mass is 9.89. The molecule has 0 saturated carbocycles. The van der Waals surface area contributed by atoms with E-state index in [0.29, 0.717) is 37.0 Å². The fourth-order valence-corrected chi connectivity index (χ4v) is 4.85. The molecule has 4 heterocycles. The van der Waals surface area contributed by atoms with Crippen molar-refractivity contribution in [2.24, 2.45) is 0 Å². The summed E-state index contributed by atoms with van der Waals surface area (Å²) in [5.74, 6) is 0.686. The SMILES string of the molecule is CCOC(=O)c1sc2[nH+]c(N3CCOCC3)c3c(c2c1N)CC(C)(C)OC3. The van der Waals surface area contributed by atoms with Gasteiger partial charge in [0.25, 0.3) is 5.82 Å². The monoisotopic (exact) mass is 392 g/mol. The van der Waals surface area contributed by atoms with Crippen molar-refractivity contribution in [2.75, 3.05) is 43.5 Å². The van der Waals surface area contributed by atoms with Gasteiger partial charge in [-0.1, -0.05) is 11.3 Å². The van der Waals surface area contributed by atoms with Crippen LogP contribution in [-0.4, -0.2) is 44.5 Å². The highest BCUT2D eigenvalue weighted by molar-refractivity contribution is 7.20. The first kappa shape index (κ1) is 18.5. The summed E-state index contributed by atoms with van der Waals surface area (Å²) in [6.07, 6.45) is 0.744. The van der Waals surface area contributed by atoms with Crippen molar-refractivity contribution in [1.29, 1.82) is 0 Å². The Bertz CT molecular complexity index is 887. The molecular weight excluding hydrogens is 366 g/mol. The van der Waals surface area contributed by atoms with Gasteiger partial charge < -0.3 is 19.9 Å². The number of hydrogen-bond donors (Lipinski definition) is 1. The summed E-state index contributed by atoms with van der Waals surface area (Å²) in [7, 11) is 0. The Kier molecular flexibility index (Phi) is 4.73. The van der Waals surface area contributed by atoms with E-state index in [1.54, 1.807) is 6.92 Å². The molecule has 27 heavy (non-hydrogen) atoms. The molecule has 0 atom stereocenters. The molecule has 4 rings (SSSR count). The van der Waals surface area contributed by atoms with Gasteiger partial charge >= 0.3 is 5.97 Å². The molecular formula is C19H26N3O4S+. The summed E-state index contributed by atoms with van der Waals surface area (Å²) in [5, 5.41) is 0.937. The van der Waals surface area contributed by atoms with Gasteiger partial charge in [0.1, 0.15) is 18.0 Å². The van der Waals surface area contributed by atoms with Gasteiger partial charge in [-0.2, -0.15) is 0 Å². The number of nitrogen functional groups attached to an aromatic ring is 1. The number of fused-ring (bicyclic) bond motifs is 3.